The third-order valence-corrected chi connectivity index (χ3v) is 3.97. The summed E-state index contributed by atoms with van der Waals surface area (Å²) >= 11 is 0. The molecule has 3 nitrogen and oxygen atoms in total. The van der Waals surface area contributed by atoms with E-state index in [0.29, 0.717) is 6.10 Å². The van der Waals surface area contributed by atoms with E-state index in [-0.39, 0.29) is 0 Å². The summed E-state index contributed by atoms with van der Waals surface area (Å²) in [5.41, 5.74) is 5.72. The first-order chi connectivity index (χ1) is 7.90. The molecule has 0 aromatic heterocycles. The molecule has 1 heterocycles. The third kappa shape index (κ3) is 3.44. The maximum absolute atomic E-state index is 5.83. The van der Waals surface area contributed by atoms with Crippen LogP contribution in [0.2, 0.25) is 0 Å². The molecule has 1 saturated heterocycles. The number of nitrogens with zero attached hydrogens (tertiary/aromatic N) is 1. The lowest BCUT2D eigenvalue weighted by Crippen LogP contribution is -2.43. The Hall–Kier alpha value is -0.120. The van der Waals surface area contributed by atoms with Gasteiger partial charge in [0.2, 0.25) is 0 Å². The molecular weight excluding hydrogens is 200 g/mol. The zero-order valence-electron chi connectivity index (χ0n) is 10.4. The highest BCUT2D eigenvalue weighted by molar-refractivity contribution is 4.80. The minimum absolute atomic E-state index is 0.473. The Morgan fingerprint density at radius 3 is 2.44 bits per heavy atom. The lowest BCUT2D eigenvalue weighted by molar-refractivity contribution is -0.0127. The second kappa shape index (κ2) is 6.58. The van der Waals surface area contributed by atoms with Crippen molar-refractivity contribution in [3.63, 3.8) is 0 Å². The van der Waals surface area contributed by atoms with Crippen LogP contribution in [-0.2, 0) is 4.74 Å². The largest absolute Gasteiger partial charge is 0.377 e. The Labute approximate surface area is 99.3 Å². The van der Waals surface area contributed by atoms with Crippen molar-refractivity contribution in [1.82, 2.24) is 4.90 Å². The first kappa shape index (κ1) is 12.3. The first-order valence-electron chi connectivity index (χ1n) is 6.96. The average molecular weight is 226 g/mol. The third-order valence-electron chi connectivity index (χ3n) is 3.97. The van der Waals surface area contributed by atoms with Crippen molar-refractivity contribution in [2.45, 2.75) is 57.1 Å². The monoisotopic (exact) mass is 226 g/mol. The second-order valence-corrected chi connectivity index (χ2v) is 5.21. The lowest BCUT2D eigenvalue weighted by atomic mass is 10.1. The Bertz CT molecular complexity index is 186. The number of nitrogens with two attached hydrogens (primary N) is 1. The minimum atomic E-state index is 0.473. The summed E-state index contributed by atoms with van der Waals surface area (Å²) in [4.78, 5) is 2.59. The molecule has 94 valence electrons. The second-order valence-electron chi connectivity index (χ2n) is 5.21. The Morgan fingerprint density at radius 2 is 1.81 bits per heavy atom. The molecule has 0 aromatic rings. The highest BCUT2D eigenvalue weighted by atomic mass is 16.5. The van der Waals surface area contributed by atoms with Gasteiger partial charge in [-0.25, -0.2) is 0 Å². The van der Waals surface area contributed by atoms with Crippen LogP contribution >= 0.6 is 0 Å². The van der Waals surface area contributed by atoms with Crippen LogP contribution in [0.15, 0.2) is 0 Å². The van der Waals surface area contributed by atoms with Gasteiger partial charge in [0.05, 0.1) is 6.10 Å². The van der Waals surface area contributed by atoms with Gasteiger partial charge in [0, 0.05) is 32.3 Å². The molecule has 1 aliphatic heterocycles. The van der Waals surface area contributed by atoms with E-state index in [1.807, 2.05) is 0 Å². The Morgan fingerprint density at radius 1 is 1.06 bits per heavy atom. The van der Waals surface area contributed by atoms with E-state index in [9.17, 15) is 0 Å². The van der Waals surface area contributed by atoms with Gasteiger partial charge in [-0.3, -0.25) is 4.90 Å². The highest BCUT2D eigenvalue weighted by Gasteiger charge is 2.25. The van der Waals surface area contributed by atoms with Crippen molar-refractivity contribution in [2.24, 2.45) is 5.73 Å². The van der Waals surface area contributed by atoms with Crippen LogP contribution in [0.1, 0.15) is 44.9 Å². The smallest absolute Gasteiger partial charge is 0.0702 e. The molecule has 16 heavy (non-hydrogen) atoms. The zero-order valence-corrected chi connectivity index (χ0v) is 10.4. The first-order valence-corrected chi connectivity index (χ1v) is 6.96. The van der Waals surface area contributed by atoms with Gasteiger partial charge >= 0.3 is 0 Å². The fourth-order valence-electron chi connectivity index (χ4n) is 3.07. The van der Waals surface area contributed by atoms with Crippen molar-refractivity contribution in [1.29, 1.82) is 0 Å². The van der Waals surface area contributed by atoms with Crippen LogP contribution in [-0.4, -0.2) is 43.3 Å². The topological polar surface area (TPSA) is 38.5 Å². The van der Waals surface area contributed by atoms with Crippen molar-refractivity contribution < 1.29 is 4.74 Å². The van der Waals surface area contributed by atoms with Gasteiger partial charge in [-0.2, -0.15) is 0 Å². The SMILES string of the molecule is NCCN(CC1CCCCO1)C1CCCC1. The molecule has 0 bridgehead atoms. The quantitative estimate of drug-likeness (QED) is 0.776. The van der Waals surface area contributed by atoms with E-state index in [4.69, 9.17) is 10.5 Å². The molecule has 0 amide bonds. The molecule has 1 unspecified atom stereocenters. The Balaban J connectivity index is 1.80. The normalized spacial score (nSPS) is 27.8. The predicted molar refractivity (Wildman–Crippen MR) is 66.5 cm³/mol. The number of rotatable bonds is 5. The van der Waals surface area contributed by atoms with Gasteiger partial charge in [-0.15, -0.1) is 0 Å². The molecule has 2 N–H and O–H groups in total. The van der Waals surface area contributed by atoms with E-state index in [0.717, 1.165) is 32.3 Å². The zero-order chi connectivity index (χ0) is 11.2. The molecule has 2 rings (SSSR count). The van der Waals surface area contributed by atoms with Crippen LogP contribution < -0.4 is 5.73 Å². The summed E-state index contributed by atoms with van der Waals surface area (Å²) in [5, 5.41) is 0. The van der Waals surface area contributed by atoms with Gasteiger partial charge in [-0.1, -0.05) is 12.8 Å². The van der Waals surface area contributed by atoms with E-state index in [2.05, 4.69) is 4.90 Å². The molecule has 0 radical (unpaired) electrons. The molecule has 2 aliphatic rings. The lowest BCUT2D eigenvalue weighted by Gasteiger charge is -2.33. The van der Waals surface area contributed by atoms with Crippen molar-refractivity contribution in [3.05, 3.63) is 0 Å². The van der Waals surface area contributed by atoms with Gasteiger partial charge in [0.25, 0.3) is 0 Å². The summed E-state index contributed by atoms with van der Waals surface area (Å²) in [6, 6.07) is 0.786. The summed E-state index contributed by atoms with van der Waals surface area (Å²) in [7, 11) is 0. The van der Waals surface area contributed by atoms with Gasteiger partial charge < -0.3 is 10.5 Å². The fraction of sp³-hybridized carbons (Fsp3) is 1.00. The molecule has 2 fully saturated rings. The molecule has 1 saturated carbocycles. The van der Waals surface area contributed by atoms with E-state index in [1.54, 1.807) is 0 Å². The standard InChI is InChI=1S/C13H26N2O/c14-8-9-15(12-5-1-2-6-12)11-13-7-3-4-10-16-13/h12-13H,1-11,14H2. The van der Waals surface area contributed by atoms with Gasteiger partial charge in [0.15, 0.2) is 0 Å². The molecule has 3 heteroatoms. The molecule has 1 atom stereocenters. The van der Waals surface area contributed by atoms with Crippen molar-refractivity contribution >= 4 is 0 Å². The molecular formula is C13H26N2O. The number of hydrogen-bond donors (Lipinski definition) is 1. The summed E-state index contributed by atoms with van der Waals surface area (Å²) in [5.74, 6) is 0. The maximum atomic E-state index is 5.83. The highest BCUT2D eigenvalue weighted by Crippen LogP contribution is 2.24. The predicted octanol–water partition coefficient (Wildman–Crippen LogP) is 1.76. The van der Waals surface area contributed by atoms with Gasteiger partial charge in [0.1, 0.15) is 0 Å². The summed E-state index contributed by atoms with van der Waals surface area (Å²) < 4.78 is 5.83. The average Bonchev–Trinajstić information content (AvgIpc) is 2.83. The van der Waals surface area contributed by atoms with Crippen molar-refractivity contribution in [3.8, 4) is 0 Å². The summed E-state index contributed by atoms with van der Waals surface area (Å²) in [6.07, 6.45) is 9.84. The number of ether oxygens (including phenoxy) is 1. The van der Waals surface area contributed by atoms with Gasteiger partial charge in [-0.05, 0) is 32.1 Å². The van der Waals surface area contributed by atoms with Crippen LogP contribution in [0.4, 0.5) is 0 Å². The van der Waals surface area contributed by atoms with E-state index in [1.165, 1.54) is 44.9 Å². The summed E-state index contributed by atoms with van der Waals surface area (Å²) in [6.45, 7) is 3.90. The van der Waals surface area contributed by atoms with Crippen LogP contribution in [0.25, 0.3) is 0 Å². The van der Waals surface area contributed by atoms with Crippen molar-refractivity contribution in [2.75, 3.05) is 26.2 Å². The van der Waals surface area contributed by atoms with Crippen LogP contribution in [0.5, 0.6) is 0 Å². The fourth-order valence-corrected chi connectivity index (χ4v) is 3.07. The van der Waals surface area contributed by atoms with Crippen LogP contribution in [0, 0.1) is 0 Å². The molecule has 1 aliphatic carbocycles. The minimum Gasteiger partial charge on any atom is -0.377 e. The maximum Gasteiger partial charge on any atom is 0.0702 e. The molecule has 0 spiro atoms. The van der Waals surface area contributed by atoms with E-state index >= 15 is 0 Å². The molecule has 0 aromatic carbocycles. The Kier molecular flexibility index (Phi) is 5.07. The van der Waals surface area contributed by atoms with Crippen LogP contribution in [0.3, 0.4) is 0 Å². The van der Waals surface area contributed by atoms with E-state index < -0.39 is 0 Å². The number of hydrogen-bond acceptors (Lipinski definition) is 3.